The summed E-state index contributed by atoms with van der Waals surface area (Å²) in [5.74, 6) is -0.842. The number of ether oxygens (including phenoxy) is 2. The molecule has 132 valence electrons. The van der Waals surface area contributed by atoms with Crippen molar-refractivity contribution in [2.75, 3.05) is 14.2 Å². The minimum atomic E-state index is -0.771. The molecule has 0 aromatic heterocycles. The smallest absolute Gasteiger partial charge is 0.358 e. The van der Waals surface area contributed by atoms with Gasteiger partial charge in [0, 0.05) is 12.2 Å². The van der Waals surface area contributed by atoms with Crippen LogP contribution in [0, 0.1) is 0 Å². The molecule has 0 aliphatic rings. The van der Waals surface area contributed by atoms with Gasteiger partial charge in [0.2, 0.25) is 0 Å². The van der Waals surface area contributed by atoms with E-state index in [1.165, 1.54) is 26.4 Å². The average molecular weight is 350 g/mol. The Bertz CT molecular complexity index is 738. The molecule has 0 atom stereocenters. The summed E-state index contributed by atoms with van der Waals surface area (Å²) in [5, 5.41) is 10.5. The number of esters is 2. The molecule has 0 bridgehead atoms. The molecule has 1 N–H and O–H groups in total. The highest BCUT2D eigenvalue weighted by Crippen LogP contribution is 2.03. The van der Waals surface area contributed by atoms with Crippen LogP contribution in [0.2, 0.25) is 0 Å². The molecular weight excluding hydrogens is 331 g/mol. The average Bonchev–Trinajstić information content (AvgIpc) is 2.70. The van der Waals surface area contributed by atoms with Gasteiger partial charge in [-0.15, -0.1) is 0 Å². The SMILES string of the molecule is COC(=O)/C=C/c1ccc(B(O)c2ccc(/C=C/C(=O)OC)cc2)cc1. The van der Waals surface area contributed by atoms with Crippen molar-refractivity contribution in [2.24, 2.45) is 0 Å². The predicted octanol–water partition coefficient (Wildman–Crippen LogP) is 1.16. The molecule has 0 spiro atoms. The van der Waals surface area contributed by atoms with Crippen LogP contribution in [0.1, 0.15) is 11.1 Å². The lowest BCUT2D eigenvalue weighted by molar-refractivity contribution is -0.135. The number of hydrogen-bond donors (Lipinski definition) is 1. The summed E-state index contributed by atoms with van der Waals surface area (Å²) < 4.78 is 9.08. The summed E-state index contributed by atoms with van der Waals surface area (Å²) in [7, 11) is 2.64. The molecule has 0 amide bonds. The second-order valence-electron chi connectivity index (χ2n) is 5.45. The van der Waals surface area contributed by atoms with Gasteiger partial charge in [0.05, 0.1) is 14.2 Å². The highest BCUT2D eigenvalue weighted by Gasteiger charge is 2.16. The van der Waals surface area contributed by atoms with Crippen molar-refractivity contribution in [2.45, 2.75) is 0 Å². The third-order valence-corrected chi connectivity index (χ3v) is 3.73. The van der Waals surface area contributed by atoms with E-state index in [0.29, 0.717) is 0 Å². The number of methoxy groups -OCH3 is 2. The van der Waals surface area contributed by atoms with Gasteiger partial charge in [-0.05, 0) is 34.2 Å². The van der Waals surface area contributed by atoms with Gasteiger partial charge in [0.25, 0.3) is 0 Å². The molecule has 0 fully saturated rings. The Morgan fingerprint density at radius 3 is 1.42 bits per heavy atom. The van der Waals surface area contributed by atoms with Crippen LogP contribution in [-0.4, -0.2) is 38.1 Å². The van der Waals surface area contributed by atoms with Crippen LogP contribution in [0.15, 0.2) is 60.7 Å². The van der Waals surface area contributed by atoms with Gasteiger partial charge < -0.3 is 14.5 Å². The molecule has 0 saturated heterocycles. The zero-order valence-corrected chi connectivity index (χ0v) is 14.6. The van der Waals surface area contributed by atoms with Crippen molar-refractivity contribution in [3.05, 3.63) is 71.8 Å². The van der Waals surface area contributed by atoms with Crippen molar-refractivity contribution in [1.29, 1.82) is 0 Å². The van der Waals surface area contributed by atoms with E-state index >= 15 is 0 Å². The maximum absolute atomic E-state index is 11.1. The molecule has 26 heavy (non-hydrogen) atoms. The second-order valence-corrected chi connectivity index (χ2v) is 5.45. The van der Waals surface area contributed by atoms with E-state index in [9.17, 15) is 14.6 Å². The maximum Gasteiger partial charge on any atom is 0.358 e. The van der Waals surface area contributed by atoms with Crippen LogP contribution >= 0.6 is 0 Å². The number of carbonyl (C=O) groups excluding carboxylic acids is 2. The maximum atomic E-state index is 11.1. The zero-order chi connectivity index (χ0) is 18.9. The fourth-order valence-corrected chi connectivity index (χ4v) is 2.24. The monoisotopic (exact) mass is 350 g/mol. The molecule has 0 aliphatic carbocycles. The Morgan fingerprint density at radius 1 is 0.769 bits per heavy atom. The molecule has 2 aromatic carbocycles. The molecule has 0 heterocycles. The Kier molecular flexibility index (Phi) is 6.94. The van der Waals surface area contributed by atoms with E-state index in [4.69, 9.17) is 0 Å². The molecule has 0 saturated carbocycles. The molecule has 0 unspecified atom stereocenters. The third kappa shape index (κ3) is 5.46. The number of hydrogen-bond acceptors (Lipinski definition) is 5. The van der Waals surface area contributed by atoms with Gasteiger partial charge in [0.15, 0.2) is 0 Å². The van der Waals surface area contributed by atoms with Crippen LogP contribution in [0.4, 0.5) is 0 Å². The van der Waals surface area contributed by atoms with E-state index in [0.717, 1.165) is 22.1 Å². The van der Waals surface area contributed by atoms with E-state index in [-0.39, 0.29) is 0 Å². The van der Waals surface area contributed by atoms with Gasteiger partial charge in [-0.1, -0.05) is 48.5 Å². The lowest BCUT2D eigenvalue weighted by Crippen LogP contribution is -2.42. The first-order chi connectivity index (χ1) is 12.5. The topological polar surface area (TPSA) is 72.8 Å². The van der Waals surface area contributed by atoms with Crippen molar-refractivity contribution < 1.29 is 24.1 Å². The fourth-order valence-electron chi connectivity index (χ4n) is 2.24. The van der Waals surface area contributed by atoms with Gasteiger partial charge in [-0.3, -0.25) is 0 Å². The van der Waals surface area contributed by atoms with Crippen LogP contribution < -0.4 is 10.9 Å². The van der Waals surface area contributed by atoms with E-state index < -0.39 is 18.9 Å². The minimum Gasteiger partial charge on any atom is -0.466 e. The van der Waals surface area contributed by atoms with E-state index in [1.807, 2.05) is 24.3 Å². The first-order valence-electron chi connectivity index (χ1n) is 7.93. The van der Waals surface area contributed by atoms with Crippen molar-refractivity contribution in [3.63, 3.8) is 0 Å². The molecule has 0 radical (unpaired) electrons. The van der Waals surface area contributed by atoms with Crippen molar-refractivity contribution in [1.82, 2.24) is 0 Å². The molecule has 6 heteroatoms. The predicted molar refractivity (Wildman–Crippen MR) is 102 cm³/mol. The Balaban J connectivity index is 2.07. The molecule has 2 rings (SSSR count). The molecule has 0 aliphatic heterocycles. The normalized spacial score (nSPS) is 10.9. The minimum absolute atomic E-state index is 0.421. The largest absolute Gasteiger partial charge is 0.466 e. The van der Waals surface area contributed by atoms with Gasteiger partial charge >= 0.3 is 18.9 Å². The quantitative estimate of drug-likeness (QED) is 0.481. The van der Waals surface area contributed by atoms with Crippen LogP contribution in [-0.2, 0) is 19.1 Å². The van der Waals surface area contributed by atoms with Crippen molar-refractivity contribution >= 4 is 41.9 Å². The number of benzene rings is 2. The Morgan fingerprint density at radius 2 is 1.12 bits per heavy atom. The highest BCUT2D eigenvalue weighted by atomic mass is 16.5. The van der Waals surface area contributed by atoms with E-state index in [2.05, 4.69) is 9.47 Å². The van der Waals surface area contributed by atoms with Crippen LogP contribution in [0.3, 0.4) is 0 Å². The lowest BCUT2D eigenvalue weighted by atomic mass is 9.56. The highest BCUT2D eigenvalue weighted by molar-refractivity contribution is 6.78. The van der Waals surface area contributed by atoms with E-state index in [1.54, 1.807) is 36.4 Å². The summed E-state index contributed by atoms with van der Waals surface area (Å²) in [5.41, 5.74) is 3.13. The van der Waals surface area contributed by atoms with Gasteiger partial charge in [0.1, 0.15) is 0 Å². The summed E-state index contributed by atoms with van der Waals surface area (Å²) in [6.07, 6.45) is 5.97. The standard InChI is InChI=1S/C20H19BO5/c1-25-19(22)13-7-15-3-9-17(10-4-15)21(24)18-11-5-16(6-12-18)8-14-20(23)26-2/h3-14,24H,1-2H3/b13-7+,14-8+. The third-order valence-electron chi connectivity index (χ3n) is 3.73. The second kappa shape index (κ2) is 9.39. The number of carbonyl (C=O) groups is 2. The summed E-state index contributed by atoms with van der Waals surface area (Å²) in [6, 6.07) is 14.4. The summed E-state index contributed by atoms with van der Waals surface area (Å²) in [4.78, 5) is 22.2. The summed E-state index contributed by atoms with van der Waals surface area (Å²) in [6.45, 7) is -0.771. The van der Waals surface area contributed by atoms with Crippen molar-refractivity contribution in [3.8, 4) is 0 Å². The molecule has 5 nitrogen and oxygen atoms in total. The van der Waals surface area contributed by atoms with Crippen LogP contribution in [0.5, 0.6) is 0 Å². The first kappa shape index (κ1) is 19.2. The Labute approximate surface area is 152 Å². The summed E-state index contributed by atoms with van der Waals surface area (Å²) >= 11 is 0. The zero-order valence-electron chi connectivity index (χ0n) is 14.6. The molecule has 2 aromatic rings. The van der Waals surface area contributed by atoms with Crippen LogP contribution in [0.25, 0.3) is 12.2 Å². The fraction of sp³-hybridized carbons (Fsp3) is 0.100. The molecular formula is C20H19BO5. The Hall–Kier alpha value is -3.12. The lowest BCUT2D eigenvalue weighted by Gasteiger charge is -2.08. The first-order valence-corrected chi connectivity index (χ1v) is 7.93. The van der Waals surface area contributed by atoms with Gasteiger partial charge in [-0.2, -0.15) is 0 Å². The number of rotatable bonds is 6. The van der Waals surface area contributed by atoms with Gasteiger partial charge in [-0.25, -0.2) is 9.59 Å².